The number of Topliss-reactive ketones (excluding diaryl/α,β-unsaturated/α-hetero) is 1. The predicted octanol–water partition coefficient (Wildman–Crippen LogP) is 3.25. The minimum atomic E-state index is -0.0861. The van der Waals surface area contributed by atoms with Gasteiger partial charge in [-0.15, -0.1) is 11.3 Å². The van der Waals surface area contributed by atoms with Crippen LogP contribution in [-0.4, -0.2) is 12.3 Å². The minimum Gasteiger partial charge on any atom is -0.396 e. The van der Waals surface area contributed by atoms with Gasteiger partial charge in [0.25, 0.3) is 0 Å². The highest BCUT2D eigenvalue weighted by Crippen LogP contribution is 2.52. The first-order valence-corrected chi connectivity index (χ1v) is 7.30. The van der Waals surface area contributed by atoms with Crippen molar-refractivity contribution in [1.82, 2.24) is 0 Å². The number of hydrogen-bond donors (Lipinski definition) is 2. The van der Waals surface area contributed by atoms with Gasteiger partial charge in [0.2, 0.25) is 0 Å². The van der Waals surface area contributed by atoms with E-state index in [9.17, 15) is 10.1 Å². The van der Waals surface area contributed by atoms with Gasteiger partial charge in [0.05, 0.1) is 10.6 Å². The Kier molecular flexibility index (Phi) is 3.55. The summed E-state index contributed by atoms with van der Waals surface area (Å²) in [6, 6.07) is 2.10. The molecule has 0 unspecified atom stereocenters. The highest BCUT2D eigenvalue weighted by Gasteiger charge is 2.45. The summed E-state index contributed by atoms with van der Waals surface area (Å²) in [6.45, 7) is 6.77. The molecule has 1 aliphatic rings. The van der Waals surface area contributed by atoms with Crippen molar-refractivity contribution in [3.05, 3.63) is 10.4 Å². The molecule has 0 aliphatic heterocycles. The molecule has 1 aromatic rings. The van der Waals surface area contributed by atoms with E-state index in [2.05, 4.69) is 25.2 Å². The molecular formula is C14H19N3OS. The Bertz CT molecular complexity index is 550. The van der Waals surface area contributed by atoms with E-state index in [1.54, 1.807) is 0 Å². The second-order valence-corrected chi connectivity index (χ2v) is 6.61. The molecule has 0 atom stereocenters. The van der Waals surface area contributed by atoms with E-state index in [4.69, 9.17) is 5.73 Å². The zero-order valence-electron chi connectivity index (χ0n) is 11.5. The lowest BCUT2D eigenvalue weighted by atomic mass is 9.92. The number of nitrogens with one attached hydrogen (secondary N) is 1. The monoisotopic (exact) mass is 277 g/mol. The van der Waals surface area contributed by atoms with Crippen LogP contribution in [0.5, 0.6) is 0 Å². The van der Waals surface area contributed by atoms with E-state index in [1.807, 2.05) is 0 Å². The van der Waals surface area contributed by atoms with Gasteiger partial charge in [-0.3, -0.25) is 4.79 Å². The largest absolute Gasteiger partial charge is 0.396 e. The van der Waals surface area contributed by atoms with Crippen molar-refractivity contribution >= 4 is 27.8 Å². The molecule has 0 radical (unpaired) electrons. The summed E-state index contributed by atoms with van der Waals surface area (Å²) in [5.41, 5.74) is 6.93. The molecule has 0 amide bonds. The van der Waals surface area contributed by atoms with Crippen molar-refractivity contribution in [3.8, 4) is 6.07 Å². The van der Waals surface area contributed by atoms with Crippen LogP contribution in [0.15, 0.2) is 0 Å². The third kappa shape index (κ3) is 2.45. The highest BCUT2D eigenvalue weighted by molar-refractivity contribution is 7.18. The number of thiophene rings is 1. The van der Waals surface area contributed by atoms with Gasteiger partial charge in [0, 0.05) is 13.5 Å². The average Bonchev–Trinajstić information content (AvgIpc) is 3.06. The van der Waals surface area contributed by atoms with Crippen LogP contribution in [0.25, 0.3) is 0 Å². The fraction of sp³-hybridized carbons (Fsp3) is 0.571. The summed E-state index contributed by atoms with van der Waals surface area (Å²) in [7, 11) is 0. The van der Waals surface area contributed by atoms with E-state index in [0.717, 1.165) is 11.5 Å². The molecule has 0 spiro atoms. The Morgan fingerprint density at radius 2 is 2.21 bits per heavy atom. The maximum atomic E-state index is 11.5. The van der Waals surface area contributed by atoms with Crippen LogP contribution in [0.4, 0.5) is 10.7 Å². The quantitative estimate of drug-likeness (QED) is 0.810. The number of carbonyl (C=O) groups excluding carboxylic acids is 1. The summed E-state index contributed by atoms with van der Waals surface area (Å²) in [5.74, 6) is 0.534. The summed E-state index contributed by atoms with van der Waals surface area (Å²) in [4.78, 5) is 11.9. The van der Waals surface area contributed by atoms with Crippen LogP contribution in [-0.2, 0) is 0 Å². The van der Waals surface area contributed by atoms with Crippen molar-refractivity contribution < 1.29 is 4.79 Å². The smallest absolute Gasteiger partial charge is 0.171 e. The van der Waals surface area contributed by atoms with E-state index >= 15 is 0 Å². The number of nitriles is 1. The van der Waals surface area contributed by atoms with E-state index in [1.165, 1.54) is 31.1 Å². The van der Waals surface area contributed by atoms with Crippen LogP contribution in [0, 0.1) is 22.7 Å². The van der Waals surface area contributed by atoms with Crippen molar-refractivity contribution in [2.24, 2.45) is 11.3 Å². The molecule has 5 heteroatoms. The Labute approximate surface area is 117 Å². The van der Waals surface area contributed by atoms with Gasteiger partial charge >= 0.3 is 0 Å². The van der Waals surface area contributed by atoms with Crippen molar-refractivity contribution in [2.45, 2.75) is 33.6 Å². The lowest BCUT2D eigenvalue weighted by Gasteiger charge is -2.20. The standard InChI is InChI=1S/C14H19N3OS/c1-8(2)14(4-5-14)7-17-13-10(6-15)11(16)12(19-13)9(3)18/h8,17H,4-5,7,16H2,1-3H3. The number of rotatable bonds is 5. The molecule has 1 heterocycles. The zero-order valence-corrected chi connectivity index (χ0v) is 12.4. The number of hydrogen-bond acceptors (Lipinski definition) is 5. The molecule has 19 heavy (non-hydrogen) atoms. The van der Waals surface area contributed by atoms with Crippen molar-refractivity contribution in [3.63, 3.8) is 0 Å². The zero-order chi connectivity index (χ0) is 14.2. The molecule has 3 N–H and O–H groups in total. The summed E-state index contributed by atoms with van der Waals surface area (Å²) in [5, 5.41) is 13.2. The normalized spacial score (nSPS) is 16.2. The van der Waals surface area contributed by atoms with Gasteiger partial charge in [-0.05, 0) is 24.2 Å². The Balaban J connectivity index is 2.19. The highest BCUT2D eigenvalue weighted by atomic mass is 32.1. The van der Waals surface area contributed by atoms with E-state index in [-0.39, 0.29) is 5.78 Å². The second kappa shape index (κ2) is 4.86. The van der Waals surface area contributed by atoms with Gasteiger partial charge < -0.3 is 11.1 Å². The summed E-state index contributed by atoms with van der Waals surface area (Å²) < 4.78 is 0. The maximum absolute atomic E-state index is 11.5. The first-order valence-electron chi connectivity index (χ1n) is 6.48. The molecule has 2 rings (SSSR count). The molecule has 0 bridgehead atoms. The second-order valence-electron chi connectivity index (χ2n) is 5.59. The number of carbonyl (C=O) groups is 1. The Morgan fingerprint density at radius 3 is 2.63 bits per heavy atom. The third-order valence-corrected chi connectivity index (χ3v) is 5.36. The van der Waals surface area contributed by atoms with Gasteiger partial charge in [-0.2, -0.15) is 5.26 Å². The number of nitrogen functional groups attached to an aromatic ring is 1. The minimum absolute atomic E-state index is 0.0861. The average molecular weight is 277 g/mol. The molecule has 1 aromatic heterocycles. The number of nitrogens with two attached hydrogens (primary N) is 1. The van der Waals surface area contributed by atoms with Crippen LogP contribution in [0.3, 0.4) is 0 Å². The van der Waals surface area contributed by atoms with Crippen LogP contribution < -0.4 is 11.1 Å². The molecule has 1 saturated carbocycles. The van der Waals surface area contributed by atoms with Crippen LogP contribution >= 0.6 is 11.3 Å². The predicted molar refractivity (Wildman–Crippen MR) is 78.4 cm³/mol. The maximum Gasteiger partial charge on any atom is 0.171 e. The SMILES string of the molecule is CC(=O)c1sc(NCC2(C(C)C)CC2)c(C#N)c1N. The first-order chi connectivity index (χ1) is 8.91. The molecule has 1 fully saturated rings. The van der Waals surface area contributed by atoms with Crippen LogP contribution in [0.2, 0.25) is 0 Å². The Hall–Kier alpha value is -1.54. The molecular weight excluding hydrogens is 258 g/mol. The van der Waals surface area contributed by atoms with Crippen LogP contribution in [0.1, 0.15) is 48.8 Å². The van der Waals surface area contributed by atoms with E-state index < -0.39 is 0 Å². The van der Waals surface area contributed by atoms with Crippen molar-refractivity contribution in [2.75, 3.05) is 17.6 Å². The molecule has 0 saturated heterocycles. The molecule has 102 valence electrons. The summed E-state index contributed by atoms with van der Waals surface area (Å²) >= 11 is 1.29. The lowest BCUT2D eigenvalue weighted by Crippen LogP contribution is -2.20. The third-order valence-electron chi connectivity index (χ3n) is 4.09. The van der Waals surface area contributed by atoms with Gasteiger partial charge in [-0.25, -0.2) is 0 Å². The molecule has 4 nitrogen and oxygen atoms in total. The molecule has 1 aliphatic carbocycles. The fourth-order valence-electron chi connectivity index (χ4n) is 2.32. The topological polar surface area (TPSA) is 78.9 Å². The van der Waals surface area contributed by atoms with Gasteiger partial charge in [0.1, 0.15) is 16.6 Å². The van der Waals surface area contributed by atoms with Gasteiger partial charge in [0.15, 0.2) is 5.78 Å². The summed E-state index contributed by atoms with van der Waals surface area (Å²) in [6.07, 6.45) is 2.44. The van der Waals surface area contributed by atoms with Gasteiger partial charge in [-0.1, -0.05) is 13.8 Å². The fourth-order valence-corrected chi connectivity index (χ4v) is 3.28. The molecule has 0 aromatic carbocycles. The van der Waals surface area contributed by atoms with E-state index in [0.29, 0.717) is 27.5 Å². The Morgan fingerprint density at radius 1 is 1.58 bits per heavy atom. The van der Waals surface area contributed by atoms with Crippen molar-refractivity contribution in [1.29, 1.82) is 5.26 Å². The first kappa shape index (κ1) is 13.9. The number of ketones is 1. The number of anilines is 2. The lowest BCUT2D eigenvalue weighted by molar-refractivity contribution is 0.102. The number of nitrogens with zero attached hydrogens (tertiary/aromatic N) is 1.